The minimum Gasteiger partial charge on any atom is -0.493 e. The lowest BCUT2D eigenvalue weighted by molar-refractivity contribution is -0.144. The van der Waals surface area contributed by atoms with Gasteiger partial charge in [0.05, 0.1) is 83.0 Å². The SMILES string of the molecule is [C-]#[N+]c1ccc(Oc2ccc(/C=C3\SC(=O)N(CCOCCOCCCCCOCCOCCOCC(=O)N[C@H](C(=O)N4C[C@H](O)CC4C(=O)NCc4ccc(-c5sccc5C)cc4)C(C)(C)C)C3=O)cc2OC)c(C(F)(F)F)c1. The predicted molar refractivity (Wildman–Crippen MR) is 295 cm³/mol. The lowest BCUT2D eigenvalue weighted by atomic mass is 9.85. The second-order valence-electron chi connectivity index (χ2n) is 19.8. The molecule has 80 heavy (non-hydrogen) atoms. The summed E-state index contributed by atoms with van der Waals surface area (Å²) in [5, 5.41) is 17.8. The summed E-state index contributed by atoms with van der Waals surface area (Å²) in [5.74, 6) is -2.32. The number of alkyl halides is 3. The van der Waals surface area contributed by atoms with Crippen molar-refractivity contribution in [3.8, 4) is 27.7 Å². The summed E-state index contributed by atoms with van der Waals surface area (Å²) in [7, 11) is 1.31. The molecule has 0 bridgehead atoms. The number of aliphatic hydroxyl groups is 1. The zero-order valence-corrected chi connectivity index (χ0v) is 47.0. The van der Waals surface area contributed by atoms with Gasteiger partial charge in [-0.3, -0.25) is 28.9 Å². The maximum atomic E-state index is 13.9. The quantitative estimate of drug-likeness (QED) is 0.0253. The fourth-order valence-corrected chi connectivity index (χ4v) is 10.3. The number of halogens is 3. The van der Waals surface area contributed by atoms with Gasteiger partial charge in [-0.15, -0.1) is 11.3 Å². The average molecular weight is 1150 g/mol. The number of carbonyl (C=O) groups excluding carboxylic acids is 5. The van der Waals surface area contributed by atoms with E-state index in [9.17, 15) is 42.3 Å². The highest BCUT2D eigenvalue weighted by atomic mass is 32.2. The van der Waals surface area contributed by atoms with Crippen molar-refractivity contribution in [2.75, 3.05) is 86.3 Å². The number of nitrogens with zero attached hydrogens (tertiary/aromatic N) is 3. The van der Waals surface area contributed by atoms with E-state index in [0.717, 1.165) is 53.1 Å². The van der Waals surface area contributed by atoms with Gasteiger partial charge in [0.15, 0.2) is 17.2 Å². The van der Waals surface area contributed by atoms with Crippen LogP contribution >= 0.6 is 23.1 Å². The molecule has 2 aliphatic heterocycles. The number of benzene rings is 3. The van der Waals surface area contributed by atoms with Crippen LogP contribution in [0.4, 0.5) is 23.7 Å². The Morgan fingerprint density at radius 1 is 0.838 bits per heavy atom. The zero-order chi connectivity index (χ0) is 57.8. The summed E-state index contributed by atoms with van der Waals surface area (Å²) in [6.45, 7) is 17.3. The Hall–Kier alpha value is -6.36. The van der Waals surface area contributed by atoms with Crippen LogP contribution in [0.1, 0.15) is 68.7 Å². The topological polar surface area (TPSA) is 205 Å². The van der Waals surface area contributed by atoms with Crippen molar-refractivity contribution in [2.45, 2.75) is 84.3 Å². The zero-order valence-electron chi connectivity index (χ0n) is 45.4. The highest BCUT2D eigenvalue weighted by Gasteiger charge is 2.44. The first-order valence-corrected chi connectivity index (χ1v) is 27.7. The molecule has 0 saturated carbocycles. The van der Waals surface area contributed by atoms with E-state index in [2.05, 4.69) is 28.5 Å². The molecule has 0 aliphatic carbocycles. The summed E-state index contributed by atoms with van der Waals surface area (Å²) >= 11 is 2.42. The Morgan fingerprint density at radius 2 is 1.49 bits per heavy atom. The summed E-state index contributed by atoms with van der Waals surface area (Å²) in [4.78, 5) is 72.9. The normalized spacial score (nSPS) is 16.5. The highest BCUT2D eigenvalue weighted by molar-refractivity contribution is 8.18. The number of unbranched alkanes of at least 4 members (excludes halogenated alkanes) is 2. The van der Waals surface area contributed by atoms with Gasteiger partial charge < -0.3 is 53.8 Å². The molecule has 0 spiro atoms. The van der Waals surface area contributed by atoms with E-state index in [1.807, 2.05) is 50.4 Å². The molecule has 1 unspecified atom stereocenters. The van der Waals surface area contributed by atoms with Gasteiger partial charge in [0, 0.05) is 37.6 Å². The number of hydrogen-bond acceptors (Lipinski definition) is 15. The second kappa shape index (κ2) is 30.5. The van der Waals surface area contributed by atoms with Crippen molar-refractivity contribution in [3.63, 3.8) is 0 Å². The number of rotatable bonds is 30. The summed E-state index contributed by atoms with van der Waals surface area (Å²) < 4.78 is 79.9. The fraction of sp³-hybridized carbons (Fsp3) is 0.474. The largest absolute Gasteiger partial charge is 0.493 e. The molecule has 432 valence electrons. The minimum atomic E-state index is -4.77. The maximum absolute atomic E-state index is 13.9. The van der Waals surface area contributed by atoms with Gasteiger partial charge in [0.1, 0.15) is 24.4 Å². The smallest absolute Gasteiger partial charge is 0.418 e. The molecule has 0 radical (unpaired) electrons. The number of imide groups is 1. The molecule has 2 fully saturated rings. The van der Waals surface area contributed by atoms with Crippen LogP contribution in [0, 0.1) is 18.9 Å². The van der Waals surface area contributed by atoms with Crippen LogP contribution in [0.15, 0.2) is 77.0 Å². The number of amides is 5. The van der Waals surface area contributed by atoms with E-state index in [1.54, 1.807) is 11.3 Å². The molecule has 3 aromatic carbocycles. The number of thioether (sulfide) groups is 1. The third-order valence-electron chi connectivity index (χ3n) is 12.7. The molecule has 23 heteroatoms. The first kappa shape index (κ1) is 62.8. The molecule has 5 amide bonds. The van der Waals surface area contributed by atoms with Crippen molar-refractivity contribution < 1.29 is 75.4 Å². The van der Waals surface area contributed by atoms with E-state index in [-0.39, 0.29) is 87.1 Å². The van der Waals surface area contributed by atoms with Crippen molar-refractivity contribution in [1.29, 1.82) is 0 Å². The molecule has 3 heterocycles. The van der Waals surface area contributed by atoms with E-state index < -0.39 is 64.1 Å². The van der Waals surface area contributed by atoms with Gasteiger partial charge in [-0.25, -0.2) is 4.85 Å². The molecular formula is C57H68F3N5O13S2. The van der Waals surface area contributed by atoms with Crippen LogP contribution in [0.25, 0.3) is 21.4 Å². The third-order valence-corrected chi connectivity index (χ3v) is 14.7. The summed E-state index contributed by atoms with van der Waals surface area (Å²) in [6.07, 6.45) is -1.60. The van der Waals surface area contributed by atoms with Crippen molar-refractivity contribution in [1.82, 2.24) is 20.4 Å². The fourth-order valence-electron chi connectivity index (χ4n) is 8.46. The first-order valence-electron chi connectivity index (χ1n) is 26.0. The Morgan fingerprint density at radius 3 is 2.11 bits per heavy atom. The van der Waals surface area contributed by atoms with E-state index >= 15 is 0 Å². The van der Waals surface area contributed by atoms with Gasteiger partial charge in [0.25, 0.3) is 11.1 Å². The number of methoxy groups -OCH3 is 1. The number of β-amino-alcohol motifs (C(OH)–C–C–N with tert-alkyl or cyclic N) is 1. The highest BCUT2D eigenvalue weighted by Crippen LogP contribution is 2.43. The lowest BCUT2D eigenvalue weighted by Crippen LogP contribution is -2.58. The van der Waals surface area contributed by atoms with Gasteiger partial charge in [-0.1, -0.05) is 57.2 Å². The number of hydrogen-bond donors (Lipinski definition) is 3. The van der Waals surface area contributed by atoms with Crippen LogP contribution in [0.3, 0.4) is 0 Å². The van der Waals surface area contributed by atoms with E-state index in [1.165, 1.54) is 52.8 Å². The number of aryl methyl sites for hydroxylation is 1. The van der Waals surface area contributed by atoms with Crippen LogP contribution in [0.5, 0.6) is 17.2 Å². The molecular weight excluding hydrogens is 1080 g/mol. The molecule has 4 aromatic rings. The lowest BCUT2D eigenvalue weighted by Gasteiger charge is -2.35. The van der Waals surface area contributed by atoms with E-state index in [4.69, 9.17) is 39.7 Å². The minimum absolute atomic E-state index is 0.0273. The molecule has 6 rings (SSSR count). The number of ether oxygens (including phenoxy) is 7. The van der Waals surface area contributed by atoms with Crippen molar-refractivity contribution in [3.05, 3.63) is 111 Å². The summed E-state index contributed by atoms with van der Waals surface area (Å²) in [6, 6.07) is 15.5. The molecule has 1 aromatic heterocycles. The maximum Gasteiger partial charge on any atom is 0.418 e. The van der Waals surface area contributed by atoms with Crippen LogP contribution in [-0.2, 0) is 55.6 Å². The van der Waals surface area contributed by atoms with Gasteiger partial charge >= 0.3 is 6.18 Å². The summed E-state index contributed by atoms with van der Waals surface area (Å²) in [5.41, 5.74) is 1.61. The number of thiophene rings is 1. The van der Waals surface area contributed by atoms with Gasteiger partial charge in [-0.2, -0.15) is 13.2 Å². The number of likely N-dealkylation sites (tertiary alicyclic amines) is 1. The second-order valence-corrected chi connectivity index (χ2v) is 21.7. The van der Waals surface area contributed by atoms with Crippen LogP contribution < -0.4 is 20.1 Å². The predicted octanol–water partition coefficient (Wildman–Crippen LogP) is 9.19. The van der Waals surface area contributed by atoms with E-state index in [0.29, 0.717) is 44.7 Å². The molecule has 2 aliphatic rings. The van der Waals surface area contributed by atoms with Crippen LogP contribution in [0.2, 0.25) is 0 Å². The molecule has 18 nitrogen and oxygen atoms in total. The Balaban J connectivity index is 0.764. The Bertz CT molecular complexity index is 2820. The average Bonchev–Trinajstić information content (AvgIpc) is 4.19. The Labute approximate surface area is 472 Å². The van der Waals surface area contributed by atoms with Gasteiger partial charge in [-0.05, 0) is 107 Å². The molecule has 3 N–H and O–H groups in total. The monoisotopic (exact) mass is 1150 g/mol. The number of aliphatic hydroxyl groups excluding tert-OH is 1. The molecule has 2 saturated heterocycles. The molecule has 3 atom stereocenters. The van der Waals surface area contributed by atoms with Crippen molar-refractivity contribution in [2.24, 2.45) is 5.41 Å². The standard InChI is InChI=1S/C57H68F3N5O13S2/c1-37-18-29-79-50(37)40-13-10-38(11-14-40)34-62-52(68)44-33-42(66)35-65(44)54(70)51(56(2,3)4)63-49(67)36-77-28-27-76-26-24-74-21-9-7-8-20-73-23-25-75-22-19-64-53(69)48(80-55(64)71)31-39-12-16-46(47(30-39)72-6)78-45-17-15-41(61-5)32-43(45)57(58,59)60/h10-18,29-32,42,44,51,66H,7-9,19-28,33-36H2,1-4,6H3,(H,62,68)(H,63,67)/b48-31-/t42-,44?,51-/m1/s1. The number of nitrogens with one attached hydrogen (secondary N) is 2. The van der Waals surface area contributed by atoms with Crippen molar-refractivity contribution >= 4 is 63.7 Å². The third kappa shape index (κ3) is 18.6. The number of carbonyl (C=O) groups is 5. The van der Waals surface area contributed by atoms with Gasteiger partial charge in [0.2, 0.25) is 17.7 Å². The van der Waals surface area contributed by atoms with Crippen LogP contribution in [-0.4, -0.2) is 148 Å². The Kier molecular flexibility index (Phi) is 23.9. The first-order chi connectivity index (χ1) is 38.3.